The van der Waals surface area contributed by atoms with E-state index in [-0.39, 0.29) is 12.0 Å². The molecule has 1 heterocycles. The van der Waals surface area contributed by atoms with Crippen molar-refractivity contribution in [1.82, 2.24) is 0 Å². The van der Waals surface area contributed by atoms with Gasteiger partial charge in [-0.3, -0.25) is 0 Å². The number of methoxy groups -OCH3 is 1. The van der Waals surface area contributed by atoms with Crippen molar-refractivity contribution in [1.29, 1.82) is 0 Å². The molecule has 0 radical (unpaired) electrons. The molecule has 1 saturated heterocycles. The fourth-order valence-corrected chi connectivity index (χ4v) is 5.31. The van der Waals surface area contributed by atoms with Gasteiger partial charge in [-0.2, -0.15) is 0 Å². The molecule has 0 spiro atoms. The zero-order valence-electron chi connectivity index (χ0n) is 21.4. The maximum absolute atomic E-state index is 10.3. The molecule has 5 atom stereocenters. The van der Waals surface area contributed by atoms with Gasteiger partial charge in [-0.05, 0) is 34.6 Å². The summed E-state index contributed by atoms with van der Waals surface area (Å²) in [6.07, 6.45) is -1.90. The second-order valence-electron chi connectivity index (χ2n) is 8.83. The first kappa shape index (κ1) is 27.6. The van der Waals surface area contributed by atoms with Crippen LogP contribution in [0.2, 0.25) is 0 Å². The molecule has 6 nitrogen and oxygen atoms in total. The Labute approximate surface area is 223 Å². The van der Waals surface area contributed by atoms with Crippen molar-refractivity contribution in [3.05, 3.63) is 102 Å². The number of benzene rings is 3. The monoisotopic (exact) mass is 524 g/mol. The fraction of sp³-hybridized carbons (Fsp3) is 0.400. The Bertz CT molecular complexity index is 1030. The van der Waals surface area contributed by atoms with Crippen LogP contribution in [0.3, 0.4) is 0 Å². The maximum Gasteiger partial charge on any atom is 0.132 e. The molecule has 3 aromatic rings. The van der Waals surface area contributed by atoms with E-state index in [1.165, 1.54) is 0 Å². The second-order valence-corrected chi connectivity index (χ2v) is 10.2. The first-order valence-electron chi connectivity index (χ1n) is 12.6. The first-order chi connectivity index (χ1) is 18.2. The first-order valence-corrected chi connectivity index (χ1v) is 13.7. The normalized spacial score (nSPS) is 23.6. The maximum atomic E-state index is 10.3. The standard InChI is InChI=1S/C30H36O6S/c1-3-37-30-29(35-20-23-12-8-5-9-13-23)28(34-19-22-10-6-4-7-11-22)27(26(18-31)36-30)33-21-24-14-16-25(32-2)17-15-24/h4-17,26-31H,3,18-21H2,1-2H3/t26-,27-,28+,29-,30+/m1/s1. The molecule has 1 aliphatic heterocycles. The molecule has 3 aromatic carbocycles. The lowest BCUT2D eigenvalue weighted by Crippen LogP contribution is -2.60. The molecule has 0 aromatic heterocycles. The number of ether oxygens (including phenoxy) is 5. The van der Waals surface area contributed by atoms with Gasteiger partial charge in [-0.1, -0.05) is 79.7 Å². The van der Waals surface area contributed by atoms with Crippen molar-refractivity contribution in [3.8, 4) is 5.75 Å². The molecule has 198 valence electrons. The summed E-state index contributed by atoms with van der Waals surface area (Å²) in [4.78, 5) is 0. The largest absolute Gasteiger partial charge is 0.497 e. The van der Waals surface area contributed by atoms with Crippen LogP contribution in [-0.4, -0.2) is 54.4 Å². The van der Waals surface area contributed by atoms with Crippen LogP contribution in [0.4, 0.5) is 0 Å². The predicted molar refractivity (Wildman–Crippen MR) is 145 cm³/mol. The minimum atomic E-state index is -0.542. The van der Waals surface area contributed by atoms with Crippen molar-refractivity contribution in [2.24, 2.45) is 0 Å². The van der Waals surface area contributed by atoms with Gasteiger partial charge in [0.25, 0.3) is 0 Å². The summed E-state index contributed by atoms with van der Waals surface area (Å²) in [5.41, 5.74) is 2.83. The molecular formula is C30H36O6S. The number of aliphatic hydroxyl groups is 1. The van der Waals surface area contributed by atoms with E-state index >= 15 is 0 Å². The second kappa shape index (κ2) is 14.5. The van der Waals surface area contributed by atoms with E-state index < -0.39 is 24.4 Å². The van der Waals surface area contributed by atoms with E-state index in [1.807, 2.05) is 84.9 Å². The average Bonchev–Trinajstić information content (AvgIpc) is 2.96. The molecule has 4 rings (SSSR count). The SMILES string of the molecule is CCS[C@@H]1O[C@H](CO)[C@@H](OCc2ccc(OC)cc2)[C@H](OCc2ccccc2)[C@H]1OCc1ccccc1. The van der Waals surface area contributed by atoms with Gasteiger partial charge in [0.2, 0.25) is 0 Å². The number of aliphatic hydroxyl groups excluding tert-OH is 1. The third-order valence-electron chi connectivity index (χ3n) is 6.27. The zero-order chi connectivity index (χ0) is 25.9. The Hall–Kier alpha value is -2.39. The Morgan fingerprint density at radius 3 is 1.73 bits per heavy atom. The van der Waals surface area contributed by atoms with E-state index in [9.17, 15) is 5.11 Å². The van der Waals surface area contributed by atoms with E-state index in [0.29, 0.717) is 19.8 Å². The van der Waals surface area contributed by atoms with Gasteiger partial charge in [-0.25, -0.2) is 0 Å². The van der Waals surface area contributed by atoms with Crippen LogP contribution in [0.15, 0.2) is 84.9 Å². The molecule has 1 fully saturated rings. The molecule has 37 heavy (non-hydrogen) atoms. The summed E-state index contributed by atoms with van der Waals surface area (Å²) >= 11 is 1.65. The fourth-order valence-electron chi connectivity index (χ4n) is 4.34. The van der Waals surface area contributed by atoms with Crippen molar-refractivity contribution >= 4 is 11.8 Å². The Morgan fingerprint density at radius 2 is 1.22 bits per heavy atom. The van der Waals surface area contributed by atoms with Crippen LogP contribution in [0, 0.1) is 0 Å². The summed E-state index contributed by atoms with van der Waals surface area (Å²) in [6.45, 7) is 3.08. The topological polar surface area (TPSA) is 66.4 Å². The average molecular weight is 525 g/mol. The van der Waals surface area contributed by atoms with Crippen molar-refractivity contribution in [2.75, 3.05) is 19.5 Å². The molecule has 0 aliphatic carbocycles. The van der Waals surface area contributed by atoms with E-state index in [2.05, 4.69) is 6.92 Å². The number of rotatable bonds is 13. The van der Waals surface area contributed by atoms with Crippen molar-refractivity contribution in [2.45, 2.75) is 56.6 Å². The van der Waals surface area contributed by atoms with Gasteiger partial charge >= 0.3 is 0 Å². The lowest BCUT2D eigenvalue weighted by molar-refractivity contribution is -0.251. The van der Waals surface area contributed by atoms with Gasteiger partial charge in [0.1, 0.15) is 35.6 Å². The van der Waals surface area contributed by atoms with E-state index in [1.54, 1.807) is 18.9 Å². The molecular weight excluding hydrogens is 488 g/mol. The number of hydrogen-bond acceptors (Lipinski definition) is 7. The minimum absolute atomic E-state index is 0.176. The Kier molecular flexibility index (Phi) is 10.8. The van der Waals surface area contributed by atoms with Crippen molar-refractivity contribution < 1.29 is 28.8 Å². The zero-order valence-corrected chi connectivity index (χ0v) is 22.2. The third-order valence-corrected chi connectivity index (χ3v) is 7.32. The van der Waals surface area contributed by atoms with Crippen LogP contribution < -0.4 is 4.74 Å². The van der Waals surface area contributed by atoms with Crippen LogP contribution in [0.25, 0.3) is 0 Å². The van der Waals surface area contributed by atoms with Crippen molar-refractivity contribution in [3.63, 3.8) is 0 Å². The molecule has 1 N–H and O–H groups in total. The van der Waals surface area contributed by atoms with Gasteiger partial charge in [0.05, 0.1) is 33.5 Å². The third kappa shape index (κ3) is 7.80. The van der Waals surface area contributed by atoms with Crippen LogP contribution in [0.1, 0.15) is 23.6 Å². The Balaban J connectivity index is 1.57. The smallest absolute Gasteiger partial charge is 0.132 e. The molecule has 0 bridgehead atoms. The predicted octanol–water partition coefficient (Wildman–Crippen LogP) is 5.22. The number of thioether (sulfide) groups is 1. The summed E-state index contributed by atoms with van der Waals surface area (Å²) in [7, 11) is 1.64. The highest BCUT2D eigenvalue weighted by Crippen LogP contribution is 2.35. The highest BCUT2D eigenvalue weighted by Gasteiger charge is 2.48. The highest BCUT2D eigenvalue weighted by molar-refractivity contribution is 7.99. The molecule has 0 unspecified atom stereocenters. The molecule has 0 amide bonds. The van der Waals surface area contributed by atoms with Gasteiger partial charge in [-0.15, -0.1) is 11.8 Å². The lowest BCUT2D eigenvalue weighted by atomic mass is 9.99. The molecule has 0 saturated carbocycles. The Morgan fingerprint density at radius 1 is 0.703 bits per heavy atom. The van der Waals surface area contributed by atoms with Crippen LogP contribution >= 0.6 is 11.8 Å². The minimum Gasteiger partial charge on any atom is -0.497 e. The lowest BCUT2D eigenvalue weighted by Gasteiger charge is -2.45. The van der Waals surface area contributed by atoms with Gasteiger partial charge < -0.3 is 28.8 Å². The van der Waals surface area contributed by atoms with Crippen LogP contribution in [0.5, 0.6) is 5.75 Å². The summed E-state index contributed by atoms with van der Waals surface area (Å²) in [6, 6.07) is 27.9. The molecule has 1 aliphatic rings. The quantitative estimate of drug-likeness (QED) is 0.329. The van der Waals surface area contributed by atoms with Crippen LogP contribution in [-0.2, 0) is 38.8 Å². The number of hydrogen-bond donors (Lipinski definition) is 1. The van der Waals surface area contributed by atoms with Gasteiger partial charge in [0.15, 0.2) is 0 Å². The highest BCUT2D eigenvalue weighted by atomic mass is 32.2. The summed E-state index contributed by atoms with van der Waals surface area (Å²) in [5.74, 6) is 1.63. The summed E-state index contributed by atoms with van der Waals surface area (Å²) in [5, 5.41) is 10.3. The van der Waals surface area contributed by atoms with E-state index in [0.717, 1.165) is 28.2 Å². The molecule has 7 heteroatoms. The van der Waals surface area contributed by atoms with E-state index in [4.69, 9.17) is 23.7 Å². The summed E-state index contributed by atoms with van der Waals surface area (Å²) < 4.78 is 31.1. The van der Waals surface area contributed by atoms with Gasteiger partial charge in [0, 0.05) is 0 Å².